The fourth-order valence-electron chi connectivity index (χ4n) is 3.51. The Kier molecular flexibility index (Phi) is 4.50. The minimum Gasteiger partial charge on any atom is -0.423 e. The van der Waals surface area contributed by atoms with Gasteiger partial charge >= 0.3 is 0 Å². The number of aromatic nitrogens is 1. The van der Waals surface area contributed by atoms with E-state index in [2.05, 4.69) is 10.3 Å². The predicted octanol–water partition coefficient (Wildman–Crippen LogP) is 2.82. The van der Waals surface area contributed by atoms with Crippen molar-refractivity contribution in [1.82, 2.24) is 10.3 Å². The van der Waals surface area contributed by atoms with Gasteiger partial charge in [-0.2, -0.15) is 4.98 Å². The summed E-state index contributed by atoms with van der Waals surface area (Å²) in [7, 11) is 3.67. The quantitative estimate of drug-likeness (QED) is 0.755. The van der Waals surface area contributed by atoms with Gasteiger partial charge in [-0.3, -0.25) is 9.59 Å². The predicted molar refractivity (Wildman–Crippen MR) is 108 cm³/mol. The Labute approximate surface area is 162 Å². The Bertz CT molecular complexity index is 1030. The molecule has 7 heteroatoms. The minimum atomic E-state index is -0.548. The Balaban J connectivity index is 1.52. The summed E-state index contributed by atoms with van der Waals surface area (Å²) >= 11 is 0. The highest BCUT2D eigenvalue weighted by Gasteiger charge is 2.38. The summed E-state index contributed by atoms with van der Waals surface area (Å²) in [5.41, 5.74) is 2.51. The summed E-state index contributed by atoms with van der Waals surface area (Å²) in [5.74, 6) is -0.388. The Morgan fingerprint density at radius 1 is 1.21 bits per heavy atom. The van der Waals surface area contributed by atoms with Crippen LogP contribution in [0.4, 0.5) is 11.7 Å². The molecule has 0 unspecified atom stereocenters. The zero-order valence-corrected chi connectivity index (χ0v) is 16.0. The van der Waals surface area contributed by atoms with E-state index in [9.17, 15) is 9.59 Å². The number of hydrogen-bond donors (Lipinski definition) is 1. The largest absolute Gasteiger partial charge is 0.423 e. The summed E-state index contributed by atoms with van der Waals surface area (Å²) in [6.45, 7) is 1.99. The van der Waals surface area contributed by atoms with Crippen LogP contribution < -0.4 is 15.1 Å². The number of anilines is 2. The van der Waals surface area contributed by atoms with E-state index in [1.165, 1.54) is 0 Å². The van der Waals surface area contributed by atoms with E-state index >= 15 is 0 Å². The molecule has 4 rings (SSSR count). The fourth-order valence-corrected chi connectivity index (χ4v) is 3.51. The van der Waals surface area contributed by atoms with Gasteiger partial charge in [-0.15, -0.1) is 0 Å². The highest BCUT2D eigenvalue weighted by Crippen LogP contribution is 2.27. The monoisotopic (exact) mass is 378 g/mol. The number of rotatable bonds is 4. The number of oxazole rings is 1. The number of nitrogens with one attached hydrogen (secondary N) is 1. The van der Waals surface area contributed by atoms with Crippen LogP contribution in [0.1, 0.15) is 23.7 Å². The molecule has 0 saturated carbocycles. The summed E-state index contributed by atoms with van der Waals surface area (Å²) in [6, 6.07) is 14.5. The number of fused-ring (bicyclic) bond motifs is 1. The van der Waals surface area contributed by atoms with E-state index in [4.69, 9.17) is 4.42 Å². The first-order valence-electron chi connectivity index (χ1n) is 9.21. The lowest BCUT2D eigenvalue weighted by Gasteiger charge is -2.21. The maximum Gasteiger partial charge on any atom is 0.297 e. The third-order valence-corrected chi connectivity index (χ3v) is 4.91. The number of carbonyl (C=O) groups excluding carboxylic acids is 2. The van der Waals surface area contributed by atoms with Gasteiger partial charge in [-0.05, 0) is 43.7 Å². The standard InChI is InChI=1S/C21H22N4O3/c1-13-11-17(20(27)25(13)15-7-5-4-6-8-15)22-19(26)14-9-10-18-16(12-14)23-21(28-18)24(2)3/h4-10,12-13,17H,11H2,1-3H3,(H,22,26)/t13-,17+/m1/s1. The lowest BCUT2D eigenvalue weighted by molar-refractivity contribution is -0.118. The molecule has 1 aromatic heterocycles. The second-order valence-corrected chi connectivity index (χ2v) is 7.23. The van der Waals surface area contributed by atoms with Crippen molar-refractivity contribution >= 4 is 34.6 Å². The first kappa shape index (κ1) is 18.0. The second kappa shape index (κ2) is 6.99. The fraction of sp³-hybridized carbons (Fsp3) is 0.286. The van der Waals surface area contributed by atoms with Gasteiger partial charge in [0.05, 0.1) is 0 Å². The van der Waals surface area contributed by atoms with E-state index < -0.39 is 6.04 Å². The first-order valence-corrected chi connectivity index (χ1v) is 9.21. The maximum absolute atomic E-state index is 12.9. The van der Waals surface area contributed by atoms with Crippen molar-refractivity contribution in [3.63, 3.8) is 0 Å². The minimum absolute atomic E-state index is 0.0147. The average Bonchev–Trinajstić information content (AvgIpc) is 3.23. The number of carbonyl (C=O) groups is 2. The highest BCUT2D eigenvalue weighted by molar-refractivity contribution is 6.05. The van der Waals surface area contributed by atoms with Gasteiger partial charge in [0, 0.05) is 31.4 Å². The number of nitrogens with zero attached hydrogens (tertiary/aromatic N) is 3. The number of amides is 2. The maximum atomic E-state index is 12.9. The second-order valence-electron chi connectivity index (χ2n) is 7.23. The van der Waals surface area contributed by atoms with Crippen LogP contribution in [-0.2, 0) is 4.79 Å². The van der Waals surface area contributed by atoms with Gasteiger partial charge in [0.2, 0.25) is 5.91 Å². The van der Waals surface area contributed by atoms with E-state index in [0.29, 0.717) is 29.1 Å². The van der Waals surface area contributed by atoms with Crippen molar-refractivity contribution in [3.05, 3.63) is 54.1 Å². The topological polar surface area (TPSA) is 78.7 Å². The van der Waals surface area contributed by atoms with Crippen LogP contribution in [0.5, 0.6) is 0 Å². The average molecular weight is 378 g/mol. The van der Waals surface area contributed by atoms with E-state index in [0.717, 1.165) is 5.69 Å². The van der Waals surface area contributed by atoms with Crippen LogP contribution >= 0.6 is 0 Å². The van der Waals surface area contributed by atoms with Gasteiger partial charge < -0.3 is 19.5 Å². The van der Waals surface area contributed by atoms with Gasteiger partial charge in [0.1, 0.15) is 11.6 Å². The number of hydrogen-bond acceptors (Lipinski definition) is 5. The number of benzene rings is 2. The molecule has 3 aromatic rings. The smallest absolute Gasteiger partial charge is 0.297 e. The molecule has 1 N–H and O–H groups in total. The lowest BCUT2D eigenvalue weighted by Crippen LogP contribution is -2.41. The van der Waals surface area contributed by atoms with Crippen molar-refractivity contribution in [3.8, 4) is 0 Å². The summed E-state index contributed by atoms with van der Waals surface area (Å²) < 4.78 is 5.61. The van der Waals surface area contributed by atoms with Gasteiger partial charge in [0.15, 0.2) is 5.58 Å². The molecule has 1 fully saturated rings. The van der Waals surface area contributed by atoms with Gasteiger partial charge in [-0.25, -0.2) is 0 Å². The van der Waals surface area contributed by atoms with Crippen molar-refractivity contribution in [2.24, 2.45) is 0 Å². The molecular formula is C21H22N4O3. The Morgan fingerprint density at radius 3 is 2.68 bits per heavy atom. The van der Waals surface area contributed by atoms with E-state index in [-0.39, 0.29) is 17.9 Å². The van der Waals surface area contributed by atoms with Crippen molar-refractivity contribution < 1.29 is 14.0 Å². The molecule has 144 valence electrons. The SMILES string of the molecule is C[C@@H]1C[C@H](NC(=O)c2ccc3oc(N(C)C)nc3c2)C(=O)N1c1ccccc1. The third-order valence-electron chi connectivity index (χ3n) is 4.91. The highest BCUT2D eigenvalue weighted by atomic mass is 16.4. The molecule has 0 aliphatic carbocycles. The van der Waals surface area contributed by atoms with Crippen LogP contribution in [-0.4, -0.2) is 43.0 Å². The van der Waals surface area contributed by atoms with Crippen molar-refractivity contribution in [1.29, 1.82) is 0 Å². The molecule has 1 saturated heterocycles. The normalized spacial score (nSPS) is 19.2. The molecule has 2 aromatic carbocycles. The summed E-state index contributed by atoms with van der Waals surface area (Å²) in [4.78, 5) is 33.5. The molecule has 1 aliphatic rings. The van der Waals surface area contributed by atoms with Crippen molar-refractivity contribution in [2.45, 2.75) is 25.4 Å². The molecule has 7 nitrogen and oxygen atoms in total. The van der Waals surface area contributed by atoms with Crippen molar-refractivity contribution in [2.75, 3.05) is 23.9 Å². The summed E-state index contributed by atoms with van der Waals surface area (Å²) in [6.07, 6.45) is 0.566. The van der Waals surface area contributed by atoms with Gasteiger partial charge in [-0.1, -0.05) is 18.2 Å². The zero-order valence-electron chi connectivity index (χ0n) is 16.0. The molecule has 2 heterocycles. The zero-order chi connectivity index (χ0) is 19.8. The van der Waals surface area contributed by atoms with Crippen LogP contribution in [0.3, 0.4) is 0 Å². The first-order chi connectivity index (χ1) is 13.4. The molecule has 1 aliphatic heterocycles. The third kappa shape index (κ3) is 3.19. The molecule has 28 heavy (non-hydrogen) atoms. The molecule has 2 atom stereocenters. The Morgan fingerprint density at radius 2 is 1.96 bits per heavy atom. The van der Waals surface area contributed by atoms with Crippen LogP contribution in [0.25, 0.3) is 11.1 Å². The Hall–Kier alpha value is -3.35. The molecule has 0 spiro atoms. The van der Waals surface area contributed by atoms with Gasteiger partial charge in [0.25, 0.3) is 11.9 Å². The van der Waals surface area contributed by atoms with E-state index in [1.54, 1.807) is 28.0 Å². The molecular weight excluding hydrogens is 356 g/mol. The molecule has 2 amide bonds. The summed E-state index contributed by atoms with van der Waals surface area (Å²) in [5, 5.41) is 2.87. The van der Waals surface area contributed by atoms with Crippen LogP contribution in [0.2, 0.25) is 0 Å². The number of para-hydroxylation sites is 1. The lowest BCUT2D eigenvalue weighted by atomic mass is 10.1. The van der Waals surface area contributed by atoms with E-state index in [1.807, 2.05) is 51.4 Å². The molecule has 0 radical (unpaired) electrons. The van der Waals surface area contributed by atoms with Crippen LogP contribution in [0, 0.1) is 0 Å². The molecule has 0 bridgehead atoms. The van der Waals surface area contributed by atoms with Crippen LogP contribution in [0.15, 0.2) is 52.9 Å².